The van der Waals surface area contributed by atoms with Crippen LogP contribution < -0.4 is 4.74 Å². The molecule has 0 aliphatic carbocycles. The van der Waals surface area contributed by atoms with Crippen molar-refractivity contribution >= 4 is 27.7 Å². The van der Waals surface area contributed by atoms with Gasteiger partial charge >= 0.3 is 0 Å². The van der Waals surface area contributed by atoms with Crippen molar-refractivity contribution in [3.8, 4) is 5.75 Å². The average Bonchev–Trinajstić information content (AvgIpc) is 3.01. The van der Waals surface area contributed by atoms with Crippen LogP contribution in [0.2, 0.25) is 0 Å². The number of amides is 1. The minimum absolute atomic E-state index is 0.225. The third-order valence-corrected chi connectivity index (χ3v) is 4.08. The largest absolute Gasteiger partial charge is 0.496 e. The quantitative estimate of drug-likeness (QED) is 0.806. The van der Waals surface area contributed by atoms with E-state index in [2.05, 4.69) is 26.0 Å². The van der Waals surface area contributed by atoms with Gasteiger partial charge in [-0.15, -0.1) is 5.10 Å². The van der Waals surface area contributed by atoms with Crippen molar-refractivity contribution in [3.63, 3.8) is 0 Å². The Labute approximate surface area is 148 Å². The van der Waals surface area contributed by atoms with Crippen LogP contribution in [0.4, 0.5) is 0 Å². The molecule has 24 heavy (non-hydrogen) atoms. The number of methoxy groups -OCH3 is 1. The van der Waals surface area contributed by atoms with Gasteiger partial charge in [-0.2, -0.15) is 5.01 Å². The Morgan fingerprint density at radius 1 is 1.33 bits per heavy atom. The highest BCUT2D eigenvalue weighted by Crippen LogP contribution is 2.36. The minimum atomic E-state index is -0.689. The van der Waals surface area contributed by atoms with E-state index < -0.39 is 6.23 Å². The van der Waals surface area contributed by atoms with Gasteiger partial charge in [-0.1, -0.05) is 15.9 Å². The highest BCUT2D eigenvalue weighted by atomic mass is 79.9. The molecule has 2 aromatic rings. The van der Waals surface area contributed by atoms with E-state index in [4.69, 9.17) is 9.47 Å². The van der Waals surface area contributed by atoms with Gasteiger partial charge in [0.05, 0.1) is 18.2 Å². The molecular formula is C17H16BrN3O3. The molecule has 7 heteroatoms. The number of carbonyl (C=O) groups excluding carboxylic acids is 1. The summed E-state index contributed by atoms with van der Waals surface area (Å²) >= 11 is 3.44. The van der Waals surface area contributed by atoms with Gasteiger partial charge in [0, 0.05) is 23.3 Å². The second kappa shape index (κ2) is 6.60. The zero-order chi connectivity index (χ0) is 17.3. The van der Waals surface area contributed by atoms with Crippen molar-refractivity contribution in [1.29, 1.82) is 0 Å². The molecule has 0 bridgehead atoms. The maximum atomic E-state index is 12.0. The summed E-state index contributed by atoms with van der Waals surface area (Å²) in [6.45, 7) is 3.35. The van der Waals surface area contributed by atoms with Crippen LogP contribution in [0.1, 0.15) is 30.0 Å². The summed E-state index contributed by atoms with van der Waals surface area (Å²) in [5.41, 5.74) is 2.31. The number of aromatic nitrogens is 1. The summed E-state index contributed by atoms with van der Waals surface area (Å²) in [5, 5.41) is 5.62. The molecule has 2 heterocycles. The van der Waals surface area contributed by atoms with Crippen LogP contribution in [0.5, 0.6) is 5.75 Å². The molecule has 1 aromatic heterocycles. The molecule has 124 valence electrons. The Bertz CT molecular complexity index is 805. The zero-order valence-electron chi connectivity index (χ0n) is 13.5. The standard InChI is InChI=1S/C17H16BrN3O3/c1-10-4-5-12(9-19-10)16-20-21(11(2)22)17(24-16)14-8-13(18)6-7-15(14)23-3/h4-9,17H,1-3H3. The third kappa shape index (κ3) is 3.12. The van der Waals surface area contributed by atoms with E-state index in [9.17, 15) is 4.79 Å². The molecule has 1 amide bonds. The van der Waals surface area contributed by atoms with Crippen molar-refractivity contribution in [1.82, 2.24) is 9.99 Å². The fourth-order valence-electron chi connectivity index (χ4n) is 2.38. The minimum Gasteiger partial charge on any atom is -0.496 e. The first-order valence-electron chi connectivity index (χ1n) is 7.31. The molecule has 3 rings (SSSR count). The van der Waals surface area contributed by atoms with Gasteiger partial charge in [0.1, 0.15) is 5.75 Å². The molecule has 1 aromatic carbocycles. The van der Waals surface area contributed by atoms with Crippen LogP contribution in [0.3, 0.4) is 0 Å². The Balaban J connectivity index is 2.00. The lowest BCUT2D eigenvalue weighted by molar-refractivity contribution is -0.135. The van der Waals surface area contributed by atoms with Crippen molar-refractivity contribution in [2.24, 2.45) is 5.10 Å². The summed E-state index contributed by atoms with van der Waals surface area (Å²) in [6.07, 6.45) is 0.985. The van der Waals surface area contributed by atoms with Crippen LogP contribution in [-0.4, -0.2) is 28.9 Å². The Morgan fingerprint density at radius 2 is 2.12 bits per heavy atom. The molecule has 1 aliphatic heterocycles. The van der Waals surface area contributed by atoms with E-state index in [0.29, 0.717) is 22.8 Å². The molecule has 0 radical (unpaired) electrons. The lowest BCUT2D eigenvalue weighted by Crippen LogP contribution is -2.25. The monoisotopic (exact) mass is 389 g/mol. The van der Waals surface area contributed by atoms with Crippen LogP contribution in [-0.2, 0) is 9.53 Å². The Kier molecular flexibility index (Phi) is 4.53. The average molecular weight is 390 g/mol. The predicted octanol–water partition coefficient (Wildman–Crippen LogP) is 3.40. The number of benzene rings is 1. The predicted molar refractivity (Wildman–Crippen MR) is 92.6 cm³/mol. The summed E-state index contributed by atoms with van der Waals surface area (Å²) < 4.78 is 12.2. The molecule has 6 nitrogen and oxygen atoms in total. The fourth-order valence-corrected chi connectivity index (χ4v) is 2.76. The van der Waals surface area contributed by atoms with E-state index in [1.165, 1.54) is 11.9 Å². The normalized spacial score (nSPS) is 16.6. The summed E-state index contributed by atoms with van der Waals surface area (Å²) in [6, 6.07) is 9.26. The number of hydrazone groups is 1. The third-order valence-electron chi connectivity index (χ3n) is 3.58. The first kappa shape index (κ1) is 16.4. The SMILES string of the molecule is COc1ccc(Br)cc1C1OC(c2ccc(C)nc2)=NN1C(C)=O. The molecule has 0 saturated carbocycles. The van der Waals surface area contributed by atoms with Gasteiger partial charge < -0.3 is 9.47 Å². The van der Waals surface area contributed by atoms with Crippen molar-refractivity contribution in [2.75, 3.05) is 7.11 Å². The van der Waals surface area contributed by atoms with Crippen LogP contribution in [0.25, 0.3) is 0 Å². The molecule has 1 unspecified atom stereocenters. The lowest BCUT2D eigenvalue weighted by atomic mass is 10.1. The highest BCUT2D eigenvalue weighted by Gasteiger charge is 2.35. The number of nitrogens with zero attached hydrogens (tertiary/aromatic N) is 3. The van der Waals surface area contributed by atoms with Crippen LogP contribution >= 0.6 is 15.9 Å². The van der Waals surface area contributed by atoms with Crippen molar-refractivity contribution in [2.45, 2.75) is 20.1 Å². The number of ether oxygens (including phenoxy) is 2. The number of halogens is 1. The van der Waals surface area contributed by atoms with E-state index in [-0.39, 0.29) is 5.91 Å². The summed E-state index contributed by atoms with van der Waals surface area (Å²) in [7, 11) is 1.57. The van der Waals surface area contributed by atoms with Crippen LogP contribution in [0, 0.1) is 6.92 Å². The van der Waals surface area contributed by atoms with Crippen LogP contribution in [0.15, 0.2) is 46.1 Å². The first-order chi connectivity index (χ1) is 11.5. The van der Waals surface area contributed by atoms with Gasteiger partial charge in [0.25, 0.3) is 0 Å². The number of aryl methyl sites for hydroxylation is 1. The second-order valence-corrected chi connectivity index (χ2v) is 6.23. The Hall–Kier alpha value is -2.41. The van der Waals surface area contributed by atoms with Gasteiger partial charge in [0.2, 0.25) is 18.0 Å². The lowest BCUT2D eigenvalue weighted by Gasteiger charge is -2.21. The van der Waals surface area contributed by atoms with E-state index >= 15 is 0 Å². The zero-order valence-corrected chi connectivity index (χ0v) is 15.1. The summed E-state index contributed by atoms with van der Waals surface area (Å²) in [5.74, 6) is 0.745. The molecule has 1 atom stereocenters. The molecule has 1 aliphatic rings. The maximum Gasteiger partial charge on any atom is 0.243 e. The number of pyridine rings is 1. The van der Waals surface area contributed by atoms with Gasteiger partial charge in [-0.05, 0) is 37.3 Å². The second-order valence-electron chi connectivity index (χ2n) is 5.31. The van der Waals surface area contributed by atoms with Gasteiger partial charge in [0.15, 0.2) is 0 Å². The molecule has 0 N–H and O–H groups in total. The molecule has 0 saturated heterocycles. The van der Waals surface area contributed by atoms with Crippen molar-refractivity contribution in [3.05, 3.63) is 57.8 Å². The van der Waals surface area contributed by atoms with E-state index in [0.717, 1.165) is 10.2 Å². The highest BCUT2D eigenvalue weighted by molar-refractivity contribution is 9.10. The molecule has 0 fully saturated rings. The van der Waals surface area contributed by atoms with Gasteiger partial charge in [-0.3, -0.25) is 9.78 Å². The number of hydrogen-bond donors (Lipinski definition) is 0. The Morgan fingerprint density at radius 3 is 2.75 bits per heavy atom. The molecule has 0 spiro atoms. The number of carbonyl (C=O) groups is 1. The maximum absolute atomic E-state index is 12.0. The van der Waals surface area contributed by atoms with Crippen molar-refractivity contribution < 1.29 is 14.3 Å². The first-order valence-corrected chi connectivity index (χ1v) is 8.10. The van der Waals surface area contributed by atoms with E-state index in [1.54, 1.807) is 13.3 Å². The number of hydrogen-bond acceptors (Lipinski definition) is 5. The summed E-state index contributed by atoms with van der Waals surface area (Å²) in [4.78, 5) is 16.3. The molecular weight excluding hydrogens is 374 g/mol. The van der Waals surface area contributed by atoms with E-state index in [1.807, 2.05) is 37.3 Å². The van der Waals surface area contributed by atoms with Gasteiger partial charge in [-0.25, -0.2) is 0 Å². The topological polar surface area (TPSA) is 64.0 Å². The smallest absolute Gasteiger partial charge is 0.243 e. The fraction of sp³-hybridized carbons (Fsp3) is 0.235. The number of rotatable bonds is 3.